The zero-order valence-electron chi connectivity index (χ0n) is 15.3. The number of nitrogens with one attached hydrogen (secondary N) is 1. The number of aliphatic hydroxyl groups is 1. The molecule has 1 atom stereocenters. The molecular weight excluding hydrogens is 344 g/mol. The predicted molar refractivity (Wildman–Crippen MR) is 101 cm³/mol. The van der Waals surface area contributed by atoms with Crippen molar-refractivity contribution in [1.82, 2.24) is 10.5 Å². The Morgan fingerprint density at radius 3 is 2.59 bits per heavy atom. The van der Waals surface area contributed by atoms with Crippen molar-refractivity contribution in [3.8, 4) is 5.75 Å². The van der Waals surface area contributed by atoms with Crippen LogP contribution < -0.4 is 10.2 Å². The first-order chi connectivity index (χ1) is 12.9. The van der Waals surface area contributed by atoms with Crippen LogP contribution >= 0.6 is 0 Å². The molecular formula is C21H22N2O4. The van der Waals surface area contributed by atoms with Crippen LogP contribution in [0.3, 0.4) is 0 Å². The average molecular weight is 366 g/mol. The number of hydroxylamine groups is 1. The SMILES string of the molecule is Cc1cc(COc2ccc(C(C)(O)CC(=O)NO)cc2)c2ccccc2n1. The van der Waals surface area contributed by atoms with Gasteiger partial charge in [-0.1, -0.05) is 30.3 Å². The van der Waals surface area contributed by atoms with E-state index in [1.165, 1.54) is 12.4 Å². The number of nitrogens with zero attached hydrogens (tertiary/aromatic N) is 1. The Labute approximate surface area is 157 Å². The Bertz CT molecular complexity index is 952. The monoisotopic (exact) mass is 366 g/mol. The van der Waals surface area contributed by atoms with E-state index < -0.39 is 11.5 Å². The predicted octanol–water partition coefficient (Wildman–Crippen LogP) is 3.23. The van der Waals surface area contributed by atoms with Crippen molar-refractivity contribution in [2.75, 3.05) is 0 Å². The second-order valence-corrected chi connectivity index (χ2v) is 6.74. The van der Waals surface area contributed by atoms with Gasteiger partial charge in [-0.2, -0.15) is 0 Å². The molecule has 1 heterocycles. The van der Waals surface area contributed by atoms with Crippen LogP contribution in [0.15, 0.2) is 54.6 Å². The van der Waals surface area contributed by atoms with E-state index in [1.54, 1.807) is 24.3 Å². The smallest absolute Gasteiger partial charge is 0.246 e. The van der Waals surface area contributed by atoms with Gasteiger partial charge < -0.3 is 9.84 Å². The van der Waals surface area contributed by atoms with E-state index >= 15 is 0 Å². The maximum Gasteiger partial charge on any atom is 0.246 e. The molecule has 1 amide bonds. The third-order valence-electron chi connectivity index (χ3n) is 4.43. The number of aryl methyl sites for hydroxylation is 1. The molecule has 2 aromatic carbocycles. The summed E-state index contributed by atoms with van der Waals surface area (Å²) in [5, 5.41) is 20.1. The highest BCUT2D eigenvalue weighted by Crippen LogP contribution is 2.27. The molecule has 0 saturated heterocycles. The summed E-state index contributed by atoms with van der Waals surface area (Å²) in [6, 6.07) is 16.8. The van der Waals surface area contributed by atoms with Gasteiger partial charge in [0.15, 0.2) is 0 Å². The van der Waals surface area contributed by atoms with E-state index in [-0.39, 0.29) is 6.42 Å². The van der Waals surface area contributed by atoms with Crippen molar-refractivity contribution in [3.05, 3.63) is 71.4 Å². The number of rotatable bonds is 6. The van der Waals surface area contributed by atoms with E-state index in [4.69, 9.17) is 9.94 Å². The van der Waals surface area contributed by atoms with Crippen molar-refractivity contribution in [2.24, 2.45) is 0 Å². The lowest BCUT2D eigenvalue weighted by molar-refractivity contribution is -0.134. The molecule has 0 saturated carbocycles. The van der Waals surface area contributed by atoms with Gasteiger partial charge in [-0.05, 0) is 43.7 Å². The van der Waals surface area contributed by atoms with Gasteiger partial charge in [-0.25, -0.2) is 5.48 Å². The van der Waals surface area contributed by atoms with Gasteiger partial charge in [0.1, 0.15) is 12.4 Å². The van der Waals surface area contributed by atoms with E-state index in [2.05, 4.69) is 4.98 Å². The summed E-state index contributed by atoms with van der Waals surface area (Å²) >= 11 is 0. The largest absolute Gasteiger partial charge is 0.489 e. The highest BCUT2D eigenvalue weighted by Gasteiger charge is 2.26. The van der Waals surface area contributed by atoms with Gasteiger partial charge >= 0.3 is 0 Å². The fourth-order valence-corrected chi connectivity index (χ4v) is 3.04. The molecule has 0 aliphatic heterocycles. The van der Waals surface area contributed by atoms with E-state index in [0.29, 0.717) is 17.9 Å². The highest BCUT2D eigenvalue weighted by atomic mass is 16.5. The second-order valence-electron chi connectivity index (χ2n) is 6.74. The molecule has 27 heavy (non-hydrogen) atoms. The molecule has 3 N–H and O–H groups in total. The number of carbonyl (C=O) groups excluding carboxylic acids is 1. The van der Waals surface area contributed by atoms with Crippen molar-refractivity contribution < 1.29 is 19.8 Å². The van der Waals surface area contributed by atoms with Crippen molar-refractivity contribution in [3.63, 3.8) is 0 Å². The van der Waals surface area contributed by atoms with Crippen LogP contribution in [0.4, 0.5) is 0 Å². The number of aromatic nitrogens is 1. The number of fused-ring (bicyclic) bond motifs is 1. The maximum atomic E-state index is 11.3. The molecule has 1 aromatic heterocycles. The minimum atomic E-state index is -1.39. The Morgan fingerprint density at radius 2 is 1.89 bits per heavy atom. The zero-order chi connectivity index (χ0) is 19.4. The van der Waals surface area contributed by atoms with Crippen LogP contribution in [-0.4, -0.2) is 21.2 Å². The Morgan fingerprint density at radius 1 is 1.19 bits per heavy atom. The summed E-state index contributed by atoms with van der Waals surface area (Å²) in [7, 11) is 0. The van der Waals surface area contributed by atoms with Gasteiger partial charge in [-0.15, -0.1) is 0 Å². The number of para-hydroxylation sites is 1. The minimum absolute atomic E-state index is 0.244. The molecule has 0 spiro atoms. The second kappa shape index (κ2) is 7.73. The summed E-state index contributed by atoms with van der Waals surface area (Å²) in [5.41, 5.74) is 3.62. The first-order valence-electron chi connectivity index (χ1n) is 8.63. The molecule has 0 bridgehead atoms. The van der Waals surface area contributed by atoms with Crippen LogP contribution in [0.25, 0.3) is 10.9 Å². The Balaban J connectivity index is 1.74. The van der Waals surface area contributed by atoms with Gasteiger partial charge in [0, 0.05) is 16.6 Å². The Kier molecular flexibility index (Phi) is 5.39. The third kappa shape index (κ3) is 4.42. The first-order valence-corrected chi connectivity index (χ1v) is 8.63. The van der Waals surface area contributed by atoms with Crippen molar-refractivity contribution in [1.29, 1.82) is 0 Å². The molecule has 0 aliphatic rings. The summed E-state index contributed by atoms with van der Waals surface area (Å²) in [4.78, 5) is 15.8. The highest BCUT2D eigenvalue weighted by molar-refractivity contribution is 5.82. The molecule has 0 radical (unpaired) electrons. The van der Waals surface area contributed by atoms with Gasteiger partial charge in [0.2, 0.25) is 5.91 Å². The minimum Gasteiger partial charge on any atom is -0.489 e. The van der Waals surface area contributed by atoms with E-state index in [0.717, 1.165) is 22.2 Å². The fraction of sp³-hybridized carbons (Fsp3) is 0.238. The van der Waals surface area contributed by atoms with Crippen LogP contribution in [0, 0.1) is 6.92 Å². The van der Waals surface area contributed by atoms with Crippen molar-refractivity contribution in [2.45, 2.75) is 32.5 Å². The fourth-order valence-electron chi connectivity index (χ4n) is 3.04. The summed E-state index contributed by atoms with van der Waals surface area (Å²) in [6.45, 7) is 3.87. The summed E-state index contributed by atoms with van der Waals surface area (Å²) < 4.78 is 5.90. The van der Waals surface area contributed by atoms with Crippen LogP contribution in [-0.2, 0) is 17.0 Å². The lowest BCUT2D eigenvalue weighted by Gasteiger charge is -2.22. The number of benzene rings is 2. The normalized spacial score (nSPS) is 13.2. The van der Waals surface area contributed by atoms with Crippen LogP contribution in [0.5, 0.6) is 5.75 Å². The standard InChI is InChI=1S/C21H22N2O4/c1-14-11-15(18-5-3-4-6-19(18)22-14)13-27-17-9-7-16(8-10-17)21(2,25)12-20(24)23-26/h3-11,25-26H,12-13H2,1-2H3,(H,23,24). The van der Waals surface area contributed by atoms with E-state index in [1.807, 2.05) is 37.3 Å². The summed E-state index contributed by atoms with van der Waals surface area (Å²) in [6.07, 6.45) is -0.244. The molecule has 0 aliphatic carbocycles. The van der Waals surface area contributed by atoms with E-state index in [9.17, 15) is 9.90 Å². The number of amides is 1. The van der Waals surface area contributed by atoms with Crippen LogP contribution in [0.2, 0.25) is 0 Å². The van der Waals surface area contributed by atoms with Crippen LogP contribution in [0.1, 0.15) is 30.2 Å². The quantitative estimate of drug-likeness (QED) is 0.460. The Hall–Kier alpha value is -2.96. The topological polar surface area (TPSA) is 91.7 Å². The molecule has 3 rings (SSSR count). The maximum absolute atomic E-state index is 11.3. The average Bonchev–Trinajstić information content (AvgIpc) is 2.66. The number of hydrogen-bond acceptors (Lipinski definition) is 5. The third-order valence-corrected chi connectivity index (χ3v) is 4.43. The lowest BCUT2D eigenvalue weighted by atomic mass is 9.92. The number of ether oxygens (including phenoxy) is 1. The van der Waals surface area contributed by atoms with Crippen molar-refractivity contribution >= 4 is 16.8 Å². The van der Waals surface area contributed by atoms with Gasteiger partial charge in [-0.3, -0.25) is 15.0 Å². The molecule has 6 heteroatoms. The molecule has 6 nitrogen and oxygen atoms in total. The number of carbonyl (C=O) groups is 1. The number of hydrogen-bond donors (Lipinski definition) is 3. The summed E-state index contributed by atoms with van der Waals surface area (Å²) in [5.74, 6) is -0.0000299. The molecule has 140 valence electrons. The first kappa shape index (κ1) is 18.8. The van der Waals surface area contributed by atoms with Gasteiger partial charge in [0.05, 0.1) is 17.5 Å². The molecule has 0 fully saturated rings. The van der Waals surface area contributed by atoms with Gasteiger partial charge in [0.25, 0.3) is 0 Å². The molecule has 3 aromatic rings. The number of pyridine rings is 1. The molecule has 1 unspecified atom stereocenters. The zero-order valence-corrected chi connectivity index (χ0v) is 15.3. The lowest BCUT2D eigenvalue weighted by Crippen LogP contribution is -2.31.